The number of carbonyl (C=O) groups is 2. The number of morpholine rings is 1. The van der Waals surface area contributed by atoms with Gasteiger partial charge in [-0.25, -0.2) is 4.98 Å². The second-order valence-electron chi connectivity index (χ2n) is 10.8. The lowest BCUT2D eigenvalue weighted by Crippen LogP contribution is -2.37. The van der Waals surface area contributed by atoms with E-state index in [1.807, 2.05) is 24.3 Å². The second kappa shape index (κ2) is 13.3. The van der Waals surface area contributed by atoms with Crippen LogP contribution in [0.2, 0.25) is 0 Å². The maximum Gasteiger partial charge on any atom is 0.412 e. The Balaban J connectivity index is 1.24. The summed E-state index contributed by atoms with van der Waals surface area (Å²) in [5, 5.41) is 2.41. The predicted molar refractivity (Wildman–Crippen MR) is 165 cm³/mol. The third kappa shape index (κ3) is 7.84. The molecule has 0 bridgehead atoms. The Bertz CT molecular complexity index is 1560. The molecule has 2 aliphatic heterocycles. The number of allylic oxidation sites excluding steroid dienone is 1. The number of nitrogen functional groups attached to an aromatic ring is 1. The molecular weight excluding hydrogens is 571 g/mol. The summed E-state index contributed by atoms with van der Waals surface area (Å²) in [5.74, 6) is -0.0123. The van der Waals surface area contributed by atoms with E-state index in [0.29, 0.717) is 50.2 Å². The molecule has 0 aliphatic carbocycles. The average Bonchev–Trinajstić information content (AvgIpc) is 3.02. The number of alkyl halides is 3. The van der Waals surface area contributed by atoms with Gasteiger partial charge < -0.3 is 25.6 Å². The van der Waals surface area contributed by atoms with Gasteiger partial charge in [0.1, 0.15) is 5.82 Å². The van der Waals surface area contributed by atoms with Gasteiger partial charge in [-0.2, -0.15) is 13.2 Å². The van der Waals surface area contributed by atoms with Crippen LogP contribution in [0.5, 0.6) is 0 Å². The largest absolute Gasteiger partial charge is 0.412 e. The lowest BCUT2D eigenvalue weighted by Gasteiger charge is -2.30. The van der Waals surface area contributed by atoms with Crippen LogP contribution in [0.4, 0.5) is 30.4 Å². The van der Waals surface area contributed by atoms with Crippen LogP contribution in [0.15, 0.2) is 78.4 Å². The first-order chi connectivity index (χ1) is 21.0. The Kier molecular flexibility index (Phi) is 9.34. The number of anilines is 3. The summed E-state index contributed by atoms with van der Waals surface area (Å²) in [7, 11) is 0. The van der Waals surface area contributed by atoms with Crippen LogP contribution in [-0.4, -0.2) is 67.3 Å². The lowest BCUT2D eigenvalue weighted by molar-refractivity contribution is -0.130. The first-order valence-electron chi connectivity index (χ1n) is 14.4. The van der Waals surface area contributed by atoms with E-state index in [2.05, 4.69) is 28.4 Å². The summed E-state index contributed by atoms with van der Waals surface area (Å²) in [6, 6.07) is 18.3. The zero-order valence-electron chi connectivity index (χ0n) is 24.4. The molecule has 3 heterocycles. The van der Waals surface area contributed by atoms with Crippen molar-refractivity contribution in [2.75, 3.05) is 55.3 Å². The fraction of sp³-hybridized carbons (Fsp3) is 0.303. The average molecular weight is 606 g/mol. The molecule has 2 aromatic carbocycles. The molecule has 0 spiro atoms. The van der Waals surface area contributed by atoms with E-state index in [1.54, 1.807) is 29.2 Å². The van der Waals surface area contributed by atoms with Gasteiger partial charge in [0.25, 0.3) is 0 Å². The molecular formula is C33H34F3N5O3. The van der Waals surface area contributed by atoms with Crippen LogP contribution in [-0.2, 0) is 20.7 Å². The number of hydrogen-bond acceptors (Lipinski definition) is 6. The number of nitrogens with one attached hydrogen (secondary N) is 1. The number of pyridine rings is 1. The molecule has 3 aromatic rings. The van der Waals surface area contributed by atoms with Gasteiger partial charge >= 0.3 is 6.18 Å². The Hall–Kier alpha value is -4.64. The monoisotopic (exact) mass is 605 g/mol. The maximum atomic E-state index is 13.1. The van der Waals surface area contributed by atoms with Crippen LogP contribution in [0.25, 0.3) is 16.8 Å². The molecule has 2 aliphatic rings. The Labute approximate surface area is 254 Å². The van der Waals surface area contributed by atoms with E-state index >= 15 is 0 Å². The topological polar surface area (TPSA) is 101 Å². The van der Waals surface area contributed by atoms with Crippen LogP contribution in [0, 0.1) is 0 Å². The Morgan fingerprint density at radius 2 is 1.70 bits per heavy atom. The van der Waals surface area contributed by atoms with Gasteiger partial charge in [0, 0.05) is 54.8 Å². The molecule has 2 amide bonds. The van der Waals surface area contributed by atoms with Crippen LogP contribution < -0.4 is 16.0 Å². The summed E-state index contributed by atoms with van der Waals surface area (Å²) >= 11 is 0. The molecule has 0 saturated carbocycles. The molecule has 0 atom stereocenters. The summed E-state index contributed by atoms with van der Waals surface area (Å²) in [6.45, 7) is 4.71. The van der Waals surface area contributed by atoms with E-state index in [1.165, 1.54) is 0 Å². The van der Waals surface area contributed by atoms with E-state index in [-0.39, 0.29) is 12.3 Å². The first-order valence-corrected chi connectivity index (χ1v) is 14.4. The standard InChI is InChI=1S/C33H34F3N5O3/c1-22(33(34,35)36)18-31(42)38-28-8-2-23(3-9-28)19-32(43)41-12-10-24(11-13-41)26-20-29(25-4-6-27(37)7-5-25)39-30(21-26)40-14-16-44-17-15-40/h2-10,18,20-21H,11-17,19,37H2,1H3,(H,38,42)/b22-18+. The predicted octanol–water partition coefficient (Wildman–Crippen LogP) is 5.47. The van der Waals surface area contributed by atoms with Crippen molar-refractivity contribution >= 4 is 34.6 Å². The smallest absolute Gasteiger partial charge is 0.399 e. The number of carbonyl (C=O) groups excluding carboxylic acids is 2. The van der Waals surface area contributed by atoms with E-state index < -0.39 is 17.7 Å². The fourth-order valence-corrected chi connectivity index (χ4v) is 5.06. The molecule has 3 N–H and O–H groups in total. The van der Waals surface area contributed by atoms with Crippen molar-refractivity contribution in [3.05, 3.63) is 89.5 Å². The molecule has 1 saturated heterocycles. The maximum absolute atomic E-state index is 13.1. The number of amides is 2. The van der Waals surface area contributed by atoms with Crippen molar-refractivity contribution in [2.45, 2.75) is 25.9 Å². The number of nitrogens with zero attached hydrogens (tertiary/aromatic N) is 3. The Morgan fingerprint density at radius 1 is 1.00 bits per heavy atom. The zero-order valence-corrected chi connectivity index (χ0v) is 24.4. The quantitative estimate of drug-likeness (QED) is 0.274. The molecule has 8 nitrogen and oxygen atoms in total. The number of hydrogen-bond donors (Lipinski definition) is 2. The molecule has 230 valence electrons. The number of nitrogens with two attached hydrogens (primary N) is 1. The summed E-state index contributed by atoms with van der Waals surface area (Å²) in [5.41, 5.74) is 10.7. The highest BCUT2D eigenvalue weighted by molar-refractivity contribution is 5.99. The first kappa shape index (κ1) is 30.8. The van der Waals surface area contributed by atoms with E-state index in [0.717, 1.165) is 53.8 Å². The second-order valence-corrected chi connectivity index (χ2v) is 10.8. The molecule has 11 heteroatoms. The van der Waals surface area contributed by atoms with Gasteiger partial charge in [-0.3, -0.25) is 9.59 Å². The highest BCUT2D eigenvalue weighted by atomic mass is 19.4. The van der Waals surface area contributed by atoms with Crippen molar-refractivity contribution in [3.8, 4) is 11.3 Å². The van der Waals surface area contributed by atoms with Crippen molar-refractivity contribution in [1.29, 1.82) is 0 Å². The summed E-state index contributed by atoms with van der Waals surface area (Å²) < 4.78 is 43.5. The van der Waals surface area contributed by atoms with Gasteiger partial charge in [-0.15, -0.1) is 0 Å². The molecule has 1 aromatic heterocycles. The van der Waals surface area contributed by atoms with Crippen LogP contribution in [0.1, 0.15) is 24.5 Å². The summed E-state index contributed by atoms with van der Waals surface area (Å²) in [6.07, 6.45) is -1.10. The number of halogens is 3. The van der Waals surface area contributed by atoms with Crippen molar-refractivity contribution < 1.29 is 27.5 Å². The lowest BCUT2D eigenvalue weighted by atomic mass is 9.97. The van der Waals surface area contributed by atoms with Gasteiger partial charge in [-0.05, 0) is 66.4 Å². The van der Waals surface area contributed by atoms with Gasteiger partial charge in [0.05, 0.1) is 25.3 Å². The van der Waals surface area contributed by atoms with Crippen LogP contribution in [0.3, 0.4) is 0 Å². The zero-order chi connectivity index (χ0) is 31.3. The number of ether oxygens (including phenoxy) is 1. The van der Waals surface area contributed by atoms with Crippen molar-refractivity contribution in [3.63, 3.8) is 0 Å². The Morgan fingerprint density at radius 3 is 2.34 bits per heavy atom. The molecule has 0 unspecified atom stereocenters. The van der Waals surface area contributed by atoms with Crippen molar-refractivity contribution in [1.82, 2.24) is 9.88 Å². The number of aromatic nitrogens is 1. The molecule has 5 rings (SSSR count). The normalized spacial score (nSPS) is 16.0. The number of benzene rings is 2. The number of rotatable bonds is 7. The SMILES string of the molecule is C/C(=C\C(=O)Nc1ccc(CC(=O)N2CC=C(c3cc(-c4ccc(N)cc4)nc(N4CCOCC4)c3)CC2)cc1)C(F)(F)F. The molecule has 1 fully saturated rings. The van der Waals surface area contributed by atoms with Gasteiger partial charge in [0.15, 0.2) is 0 Å². The molecule has 44 heavy (non-hydrogen) atoms. The van der Waals surface area contributed by atoms with E-state index in [9.17, 15) is 22.8 Å². The molecule has 0 radical (unpaired) electrons. The minimum atomic E-state index is -4.56. The van der Waals surface area contributed by atoms with Crippen LogP contribution >= 0.6 is 0 Å². The minimum Gasteiger partial charge on any atom is -0.399 e. The highest BCUT2D eigenvalue weighted by Crippen LogP contribution is 2.31. The van der Waals surface area contributed by atoms with Gasteiger partial charge in [0.2, 0.25) is 11.8 Å². The summed E-state index contributed by atoms with van der Waals surface area (Å²) in [4.78, 5) is 34.0. The van der Waals surface area contributed by atoms with E-state index in [4.69, 9.17) is 15.5 Å². The van der Waals surface area contributed by atoms with Gasteiger partial charge in [-0.1, -0.05) is 30.3 Å². The third-order valence-corrected chi connectivity index (χ3v) is 7.66. The fourth-order valence-electron chi connectivity index (χ4n) is 5.06. The third-order valence-electron chi connectivity index (χ3n) is 7.66. The minimum absolute atomic E-state index is 0.0351. The highest BCUT2D eigenvalue weighted by Gasteiger charge is 2.30. The van der Waals surface area contributed by atoms with Crippen molar-refractivity contribution in [2.24, 2.45) is 0 Å².